The van der Waals surface area contributed by atoms with Crippen LogP contribution >= 0.6 is 11.8 Å². The Balaban J connectivity index is 1.56. The van der Waals surface area contributed by atoms with Gasteiger partial charge in [0.15, 0.2) is 0 Å². The van der Waals surface area contributed by atoms with Crippen molar-refractivity contribution >= 4 is 23.4 Å². The van der Waals surface area contributed by atoms with Gasteiger partial charge in [0.2, 0.25) is 5.91 Å². The first-order valence-corrected chi connectivity index (χ1v) is 8.61. The number of halogens is 1. The number of hydrogen-bond acceptors (Lipinski definition) is 3. The van der Waals surface area contributed by atoms with Crippen molar-refractivity contribution in [2.24, 2.45) is 0 Å². The van der Waals surface area contributed by atoms with Crippen molar-refractivity contribution in [3.8, 4) is 5.75 Å². The Morgan fingerprint density at radius 3 is 2.74 bits per heavy atom. The average molecular weight is 333 g/mol. The number of nitrogens with one attached hydrogen (secondary N) is 1. The Morgan fingerprint density at radius 2 is 2.00 bits per heavy atom. The van der Waals surface area contributed by atoms with Crippen LogP contribution in [0.5, 0.6) is 5.75 Å². The fourth-order valence-electron chi connectivity index (χ4n) is 1.95. The summed E-state index contributed by atoms with van der Waals surface area (Å²) in [5.41, 5.74) is 1.79. The molecule has 0 aliphatic heterocycles. The lowest BCUT2D eigenvalue weighted by atomic mass is 10.2. The van der Waals surface area contributed by atoms with Gasteiger partial charge in [-0.3, -0.25) is 4.79 Å². The number of rotatable bonds is 8. The highest BCUT2D eigenvalue weighted by molar-refractivity contribution is 7.99. The molecule has 0 saturated carbocycles. The number of carbonyl (C=O) groups is 1. The molecule has 1 amide bonds. The lowest BCUT2D eigenvalue weighted by Gasteiger charge is -2.07. The van der Waals surface area contributed by atoms with Crippen molar-refractivity contribution in [1.82, 2.24) is 0 Å². The number of amides is 1. The second-order valence-corrected chi connectivity index (χ2v) is 6.23. The fourth-order valence-corrected chi connectivity index (χ4v) is 2.68. The molecule has 23 heavy (non-hydrogen) atoms. The minimum absolute atomic E-state index is 0.0822. The topological polar surface area (TPSA) is 38.3 Å². The molecule has 0 aromatic heterocycles. The molecule has 2 aromatic carbocycles. The quantitative estimate of drug-likeness (QED) is 0.733. The van der Waals surface area contributed by atoms with Crippen molar-refractivity contribution in [3.63, 3.8) is 0 Å². The van der Waals surface area contributed by atoms with E-state index in [0.29, 0.717) is 18.0 Å². The molecule has 0 atom stereocenters. The van der Waals surface area contributed by atoms with Gasteiger partial charge in [-0.15, -0.1) is 0 Å². The zero-order valence-corrected chi connectivity index (χ0v) is 13.9. The molecule has 1 N–H and O–H groups in total. The molecule has 5 heteroatoms. The maximum Gasteiger partial charge on any atom is 0.234 e. The second kappa shape index (κ2) is 9.20. The highest BCUT2D eigenvalue weighted by atomic mass is 32.2. The van der Waals surface area contributed by atoms with Crippen molar-refractivity contribution in [1.29, 1.82) is 0 Å². The van der Waals surface area contributed by atoms with Crippen molar-refractivity contribution < 1.29 is 13.9 Å². The summed E-state index contributed by atoms with van der Waals surface area (Å²) in [5.74, 6) is 1.71. The lowest BCUT2D eigenvalue weighted by molar-refractivity contribution is -0.113. The first-order chi connectivity index (χ1) is 11.1. The largest absolute Gasteiger partial charge is 0.494 e. The van der Waals surface area contributed by atoms with E-state index in [1.165, 1.54) is 17.7 Å². The van der Waals surface area contributed by atoms with E-state index >= 15 is 0 Å². The van der Waals surface area contributed by atoms with Gasteiger partial charge in [0, 0.05) is 5.69 Å². The molecule has 3 nitrogen and oxygen atoms in total. The van der Waals surface area contributed by atoms with Crippen molar-refractivity contribution in [3.05, 3.63) is 59.9 Å². The highest BCUT2D eigenvalue weighted by Gasteiger charge is 2.03. The standard InChI is InChI=1S/C18H20FNO2S/c1-14-4-2-5-17(12-14)22-10-3-11-23-13-18(21)20-16-8-6-15(19)7-9-16/h2,4-9,12H,3,10-11,13H2,1H3,(H,20,21). The molecule has 2 aromatic rings. The third-order valence-corrected chi connectivity index (χ3v) is 4.10. The van der Waals surface area contributed by atoms with Crippen molar-refractivity contribution in [2.75, 3.05) is 23.4 Å². The van der Waals surface area contributed by atoms with E-state index in [0.717, 1.165) is 17.9 Å². The number of carbonyl (C=O) groups excluding carboxylic acids is 1. The number of anilines is 1. The minimum atomic E-state index is -0.314. The molecule has 0 unspecified atom stereocenters. The van der Waals surface area contributed by atoms with Crippen LogP contribution in [0.1, 0.15) is 12.0 Å². The van der Waals surface area contributed by atoms with Gasteiger partial charge in [-0.25, -0.2) is 4.39 Å². The lowest BCUT2D eigenvalue weighted by Crippen LogP contribution is -2.14. The Bertz CT molecular complexity index is 631. The van der Waals surface area contributed by atoms with Gasteiger partial charge in [0.1, 0.15) is 11.6 Å². The molecule has 2 rings (SSSR count). The van der Waals surface area contributed by atoms with Crippen LogP contribution in [0.15, 0.2) is 48.5 Å². The summed E-state index contributed by atoms with van der Waals surface area (Å²) in [6, 6.07) is 13.7. The summed E-state index contributed by atoms with van der Waals surface area (Å²) >= 11 is 1.56. The minimum Gasteiger partial charge on any atom is -0.494 e. The Labute approximate surface area is 140 Å². The maximum atomic E-state index is 12.8. The summed E-state index contributed by atoms with van der Waals surface area (Å²) in [6.07, 6.45) is 0.877. The maximum absolute atomic E-state index is 12.8. The molecule has 0 spiro atoms. The molecule has 0 saturated heterocycles. The molecule has 0 aliphatic rings. The van der Waals surface area contributed by atoms with E-state index in [-0.39, 0.29) is 11.7 Å². The third kappa shape index (κ3) is 6.74. The van der Waals surface area contributed by atoms with Gasteiger partial charge in [-0.2, -0.15) is 11.8 Å². The summed E-state index contributed by atoms with van der Waals surface area (Å²) < 4.78 is 18.4. The second-order valence-electron chi connectivity index (χ2n) is 5.13. The normalized spacial score (nSPS) is 10.3. The molecule has 0 radical (unpaired) electrons. The Morgan fingerprint density at radius 1 is 1.22 bits per heavy atom. The predicted molar refractivity (Wildman–Crippen MR) is 93.6 cm³/mol. The number of hydrogen-bond donors (Lipinski definition) is 1. The predicted octanol–water partition coefficient (Wildman–Crippen LogP) is 4.27. The van der Waals surface area contributed by atoms with Gasteiger partial charge in [0.25, 0.3) is 0 Å². The zero-order valence-electron chi connectivity index (χ0n) is 13.0. The third-order valence-electron chi connectivity index (χ3n) is 3.05. The van der Waals surface area contributed by atoms with Gasteiger partial charge in [-0.05, 0) is 61.1 Å². The average Bonchev–Trinajstić information content (AvgIpc) is 2.53. The van der Waals surface area contributed by atoms with E-state index in [1.807, 2.05) is 31.2 Å². The van der Waals surface area contributed by atoms with Crippen LogP contribution in [0.4, 0.5) is 10.1 Å². The number of benzene rings is 2. The van der Waals surface area contributed by atoms with Crippen LogP contribution in [0.2, 0.25) is 0 Å². The number of thioether (sulfide) groups is 1. The number of aryl methyl sites for hydroxylation is 1. The van der Waals surface area contributed by atoms with Crippen LogP contribution in [-0.4, -0.2) is 24.0 Å². The molecule has 0 aliphatic carbocycles. The molecular weight excluding hydrogens is 313 g/mol. The SMILES string of the molecule is Cc1cccc(OCCCSCC(=O)Nc2ccc(F)cc2)c1. The van der Waals surface area contributed by atoms with E-state index in [9.17, 15) is 9.18 Å². The van der Waals surface area contributed by atoms with E-state index in [1.54, 1.807) is 23.9 Å². The van der Waals surface area contributed by atoms with Crippen molar-refractivity contribution in [2.45, 2.75) is 13.3 Å². The monoisotopic (exact) mass is 333 g/mol. The fraction of sp³-hybridized carbons (Fsp3) is 0.278. The molecular formula is C18H20FNO2S. The van der Waals surface area contributed by atoms with Gasteiger partial charge >= 0.3 is 0 Å². The van der Waals surface area contributed by atoms with Gasteiger partial charge in [0.05, 0.1) is 12.4 Å². The smallest absolute Gasteiger partial charge is 0.234 e. The van der Waals surface area contributed by atoms with Crippen LogP contribution in [-0.2, 0) is 4.79 Å². The van der Waals surface area contributed by atoms with Crippen LogP contribution in [0.3, 0.4) is 0 Å². The van der Waals surface area contributed by atoms with E-state index in [4.69, 9.17) is 4.74 Å². The molecule has 0 fully saturated rings. The van der Waals surface area contributed by atoms with E-state index in [2.05, 4.69) is 5.32 Å². The first kappa shape index (κ1) is 17.3. The number of ether oxygens (including phenoxy) is 1. The summed E-state index contributed by atoms with van der Waals surface area (Å²) in [5, 5.41) is 2.73. The molecule has 0 bridgehead atoms. The Hall–Kier alpha value is -2.01. The van der Waals surface area contributed by atoms with Gasteiger partial charge in [-0.1, -0.05) is 12.1 Å². The van der Waals surface area contributed by atoms with E-state index < -0.39 is 0 Å². The first-order valence-electron chi connectivity index (χ1n) is 7.46. The summed E-state index contributed by atoms with van der Waals surface area (Å²) in [7, 11) is 0. The summed E-state index contributed by atoms with van der Waals surface area (Å²) in [4.78, 5) is 11.7. The molecule has 0 heterocycles. The summed E-state index contributed by atoms with van der Waals surface area (Å²) in [6.45, 7) is 2.67. The van der Waals surface area contributed by atoms with Crippen LogP contribution < -0.4 is 10.1 Å². The van der Waals surface area contributed by atoms with Crippen LogP contribution in [0, 0.1) is 12.7 Å². The van der Waals surface area contributed by atoms with Gasteiger partial charge < -0.3 is 10.1 Å². The highest BCUT2D eigenvalue weighted by Crippen LogP contribution is 2.13. The zero-order chi connectivity index (χ0) is 16.5. The molecule has 122 valence electrons. The van der Waals surface area contributed by atoms with Crippen LogP contribution in [0.25, 0.3) is 0 Å². The Kier molecular flexibility index (Phi) is 6.94.